The van der Waals surface area contributed by atoms with Gasteiger partial charge < -0.3 is 9.52 Å². The molecule has 2 unspecified atom stereocenters. The molecular weight excluding hydrogens is 214 g/mol. The van der Waals surface area contributed by atoms with Crippen molar-refractivity contribution in [3.8, 4) is 0 Å². The Hall–Kier alpha value is -0.800. The lowest BCUT2D eigenvalue weighted by Gasteiger charge is -2.45. The molecule has 0 spiro atoms. The predicted molar refractivity (Wildman–Crippen MR) is 67.8 cm³/mol. The van der Waals surface area contributed by atoms with Gasteiger partial charge in [0, 0.05) is 0 Å². The van der Waals surface area contributed by atoms with Gasteiger partial charge >= 0.3 is 0 Å². The van der Waals surface area contributed by atoms with Crippen LogP contribution in [0.2, 0.25) is 0 Å². The van der Waals surface area contributed by atoms with Crippen molar-refractivity contribution in [1.29, 1.82) is 0 Å². The third-order valence-electron chi connectivity index (χ3n) is 4.20. The third-order valence-corrected chi connectivity index (χ3v) is 4.20. The molecule has 0 saturated carbocycles. The Morgan fingerprint density at radius 2 is 2.12 bits per heavy atom. The summed E-state index contributed by atoms with van der Waals surface area (Å²) >= 11 is 0. The average Bonchev–Trinajstić information content (AvgIpc) is 2.92. The summed E-state index contributed by atoms with van der Waals surface area (Å²) in [6.45, 7) is 6.45. The van der Waals surface area contributed by atoms with Crippen molar-refractivity contribution in [1.82, 2.24) is 4.90 Å². The van der Waals surface area contributed by atoms with Gasteiger partial charge in [-0.1, -0.05) is 13.3 Å². The van der Waals surface area contributed by atoms with Crippen molar-refractivity contribution in [3.05, 3.63) is 24.2 Å². The fraction of sp³-hybridized carbons (Fsp3) is 0.714. The van der Waals surface area contributed by atoms with Crippen molar-refractivity contribution in [2.24, 2.45) is 0 Å². The van der Waals surface area contributed by atoms with E-state index in [9.17, 15) is 5.11 Å². The molecule has 0 aliphatic carbocycles. The summed E-state index contributed by atoms with van der Waals surface area (Å²) in [5.74, 6) is 0.680. The number of likely N-dealkylation sites (tertiary alicyclic amines) is 1. The van der Waals surface area contributed by atoms with Crippen LogP contribution in [0.15, 0.2) is 22.8 Å². The first-order chi connectivity index (χ1) is 8.18. The SMILES string of the molecule is CCC(C)(C(O)c1ccco1)N1CCCCC1. The van der Waals surface area contributed by atoms with Gasteiger partial charge in [-0.2, -0.15) is 0 Å². The molecule has 2 rings (SSSR count). The zero-order valence-electron chi connectivity index (χ0n) is 10.9. The van der Waals surface area contributed by atoms with E-state index in [1.165, 1.54) is 19.3 Å². The fourth-order valence-electron chi connectivity index (χ4n) is 2.75. The minimum absolute atomic E-state index is 0.210. The van der Waals surface area contributed by atoms with Crippen LogP contribution in [0.25, 0.3) is 0 Å². The lowest BCUT2D eigenvalue weighted by atomic mass is 9.86. The molecule has 0 aromatic carbocycles. The maximum absolute atomic E-state index is 10.5. The lowest BCUT2D eigenvalue weighted by molar-refractivity contribution is -0.0447. The number of hydrogen-bond donors (Lipinski definition) is 1. The predicted octanol–water partition coefficient (Wildman–Crippen LogP) is 2.97. The van der Waals surface area contributed by atoms with Crippen molar-refractivity contribution >= 4 is 0 Å². The Labute approximate surface area is 103 Å². The molecule has 1 aromatic heterocycles. The molecule has 1 saturated heterocycles. The zero-order chi connectivity index (χ0) is 12.3. The Bertz CT molecular complexity index is 330. The van der Waals surface area contributed by atoms with Gasteiger partial charge in [-0.3, -0.25) is 4.90 Å². The molecule has 17 heavy (non-hydrogen) atoms. The molecular formula is C14H23NO2. The maximum Gasteiger partial charge on any atom is 0.134 e. The normalized spacial score (nSPS) is 23.2. The Balaban J connectivity index is 2.17. The van der Waals surface area contributed by atoms with Gasteiger partial charge in [0.2, 0.25) is 0 Å². The topological polar surface area (TPSA) is 36.6 Å². The standard InChI is InChI=1S/C14H23NO2/c1-3-14(2,15-9-5-4-6-10-15)13(16)12-8-7-11-17-12/h7-8,11,13,16H,3-6,9-10H2,1-2H3. The summed E-state index contributed by atoms with van der Waals surface area (Å²) in [6, 6.07) is 3.70. The number of nitrogens with zero attached hydrogens (tertiary/aromatic N) is 1. The molecule has 1 N–H and O–H groups in total. The van der Waals surface area contributed by atoms with Crippen LogP contribution in [0.4, 0.5) is 0 Å². The molecule has 0 amide bonds. The highest BCUT2D eigenvalue weighted by Crippen LogP contribution is 2.36. The molecule has 1 aliphatic heterocycles. The van der Waals surface area contributed by atoms with Crippen LogP contribution >= 0.6 is 0 Å². The van der Waals surface area contributed by atoms with E-state index in [4.69, 9.17) is 4.42 Å². The summed E-state index contributed by atoms with van der Waals surface area (Å²) in [4.78, 5) is 2.42. The Morgan fingerprint density at radius 3 is 2.65 bits per heavy atom. The number of piperidine rings is 1. The summed E-state index contributed by atoms with van der Waals surface area (Å²) in [5.41, 5.74) is -0.210. The van der Waals surface area contributed by atoms with Crippen LogP contribution in [0.1, 0.15) is 51.4 Å². The van der Waals surface area contributed by atoms with Gasteiger partial charge in [0.1, 0.15) is 11.9 Å². The third kappa shape index (κ3) is 2.40. The van der Waals surface area contributed by atoms with Crippen molar-refractivity contribution < 1.29 is 9.52 Å². The van der Waals surface area contributed by atoms with Crippen LogP contribution in [0, 0.1) is 0 Å². The Kier molecular flexibility index (Phi) is 3.89. The minimum atomic E-state index is -0.541. The number of furan rings is 1. The van der Waals surface area contributed by atoms with E-state index >= 15 is 0 Å². The van der Waals surface area contributed by atoms with Crippen LogP contribution in [0.5, 0.6) is 0 Å². The van der Waals surface area contributed by atoms with Gasteiger partial charge in [0.25, 0.3) is 0 Å². The lowest BCUT2D eigenvalue weighted by Crippen LogP contribution is -2.52. The molecule has 0 bridgehead atoms. The smallest absolute Gasteiger partial charge is 0.134 e. The largest absolute Gasteiger partial charge is 0.467 e. The molecule has 2 heterocycles. The minimum Gasteiger partial charge on any atom is -0.467 e. The average molecular weight is 237 g/mol. The van der Waals surface area contributed by atoms with Crippen LogP contribution in [-0.4, -0.2) is 28.6 Å². The Morgan fingerprint density at radius 1 is 1.41 bits per heavy atom. The van der Waals surface area contributed by atoms with E-state index in [1.807, 2.05) is 12.1 Å². The van der Waals surface area contributed by atoms with Crippen LogP contribution in [0.3, 0.4) is 0 Å². The molecule has 1 aliphatic rings. The van der Waals surface area contributed by atoms with Gasteiger partial charge in [0.15, 0.2) is 0 Å². The van der Waals surface area contributed by atoms with E-state index in [2.05, 4.69) is 18.7 Å². The number of hydrogen-bond acceptors (Lipinski definition) is 3. The first kappa shape index (κ1) is 12.7. The van der Waals surface area contributed by atoms with Gasteiger partial charge in [0.05, 0.1) is 11.8 Å². The van der Waals surface area contributed by atoms with E-state index in [0.717, 1.165) is 19.5 Å². The summed E-state index contributed by atoms with van der Waals surface area (Å²) in [5, 5.41) is 10.5. The highest BCUT2D eigenvalue weighted by Gasteiger charge is 2.39. The van der Waals surface area contributed by atoms with E-state index < -0.39 is 6.10 Å². The van der Waals surface area contributed by atoms with Crippen molar-refractivity contribution in [2.75, 3.05) is 13.1 Å². The van der Waals surface area contributed by atoms with E-state index in [0.29, 0.717) is 5.76 Å². The second-order valence-electron chi connectivity index (χ2n) is 5.18. The molecule has 3 heteroatoms. The maximum atomic E-state index is 10.5. The highest BCUT2D eigenvalue weighted by molar-refractivity contribution is 5.09. The highest BCUT2D eigenvalue weighted by atomic mass is 16.4. The van der Waals surface area contributed by atoms with Crippen LogP contribution < -0.4 is 0 Å². The molecule has 96 valence electrons. The second kappa shape index (κ2) is 5.23. The molecule has 3 nitrogen and oxygen atoms in total. The molecule has 1 fully saturated rings. The van der Waals surface area contributed by atoms with Crippen molar-refractivity contribution in [3.63, 3.8) is 0 Å². The summed E-state index contributed by atoms with van der Waals surface area (Å²) in [7, 11) is 0. The molecule has 2 atom stereocenters. The summed E-state index contributed by atoms with van der Waals surface area (Å²) in [6.07, 6.45) is 5.80. The van der Waals surface area contributed by atoms with Gasteiger partial charge in [-0.25, -0.2) is 0 Å². The summed E-state index contributed by atoms with van der Waals surface area (Å²) < 4.78 is 5.36. The number of aliphatic hydroxyl groups is 1. The number of rotatable bonds is 4. The van der Waals surface area contributed by atoms with Gasteiger partial charge in [-0.15, -0.1) is 0 Å². The quantitative estimate of drug-likeness (QED) is 0.874. The first-order valence-corrected chi connectivity index (χ1v) is 6.65. The molecule has 1 aromatic rings. The fourth-order valence-corrected chi connectivity index (χ4v) is 2.75. The first-order valence-electron chi connectivity index (χ1n) is 6.65. The second-order valence-corrected chi connectivity index (χ2v) is 5.18. The monoisotopic (exact) mass is 237 g/mol. The van der Waals surface area contributed by atoms with Crippen molar-refractivity contribution in [2.45, 2.75) is 51.2 Å². The van der Waals surface area contributed by atoms with Gasteiger partial charge in [-0.05, 0) is 51.4 Å². The van der Waals surface area contributed by atoms with E-state index in [1.54, 1.807) is 6.26 Å². The van der Waals surface area contributed by atoms with E-state index in [-0.39, 0.29) is 5.54 Å². The molecule has 0 radical (unpaired) electrons. The zero-order valence-corrected chi connectivity index (χ0v) is 10.9. The number of aliphatic hydroxyl groups excluding tert-OH is 1. The van der Waals surface area contributed by atoms with Crippen LogP contribution in [-0.2, 0) is 0 Å².